The zero-order chi connectivity index (χ0) is 28.8. The molecule has 0 aliphatic heterocycles. The first kappa shape index (κ1) is 27.5. The van der Waals surface area contributed by atoms with Crippen LogP contribution in [0.15, 0.2) is 60.9 Å². The van der Waals surface area contributed by atoms with Crippen LogP contribution in [-0.2, 0) is 19.8 Å². The highest BCUT2D eigenvalue weighted by Gasteiger charge is 2.38. The maximum Gasteiger partial charge on any atom is 0.435 e. The Morgan fingerprint density at radius 2 is 1.85 bits per heavy atom. The third kappa shape index (κ3) is 5.76. The van der Waals surface area contributed by atoms with Gasteiger partial charge in [-0.15, -0.1) is 0 Å². The van der Waals surface area contributed by atoms with E-state index in [-0.39, 0.29) is 53.1 Å². The summed E-state index contributed by atoms with van der Waals surface area (Å²) in [4.78, 5) is 13.7. The molecule has 0 unspecified atom stereocenters. The first-order valence-electron chi connectivity index (χ1n) is 12.8. The molecule has 2 heterocycles. The monoisotopic (exact) mass is 554 g/mol. The molecular weight excluding hydrogens is 527 g/mol. The number of nitrogens with zero attached hydrogens (tertiary/aromatic N) is 3. The van der Waals surface area contributed by atoms with Crippen LogP contribution in [0.25, 0.3) is 11.1 Å². The Morgan fingerprint density at radius 1 is 1.10 bits per heavy atom. The summed E-state index contributed by atoms with van der Waals surface area (Å²) in [7, 11) is 1.38. The van der Waals surface area contributed by atoms with Crippen molar-refractivity contribution in [2.45, 2.75) is 44.8 Å². The summed E-state index contributed by atoms with van der Waals surface area (Å²) in [5.74, 6) is -1.23. The number of Topliss-reactive ketones (excluding diaryl/α,β-unsaturated/α-hetero) is 1. The lowest BCUT2D eigenvalue weighted by molar-refractivity contribution is -0.140. The van der Waals surface area contributed by atoms with Crippen LogP contribution in [0.1, 0.15) is 57.9 Å². The number of carbonyl (C=O) groups excluding carboxylic acids is 1. The molecule has 1 N–H and O–H groups in total. The zero-order valence-corrected chi connectivity index (χ0v) is 21.9. The fourth-order valence-corrected chi connectivity index (χ4v) is 5.13. The van der Waals surface area contributed by atoms with Crippen molar-refractivity contribution in [3.05, 3.63) is 106 Å². The molecule has 0 amide bonds. The van der Waals surface area contributed by atoms with Gasteiger partial charge in [-0.3, -0.25) is 14.9 Å². The molecule has 1 atom stereocenters. The van der Waals surface area contributed by atoms with Gasteiger partial charge in [0.15, 0.2) is 22.8 Å². The smallest absolute Gasteiger partial charge is 0.327 e. The number of hydrogen-bond donors (Lipinski definition) is 1. The number of aryl methyl sites for hydroxylation is 2. The number of rotatable bonds is 8. The number of alkyl halides is 3. The summed E-state index contributed by atoms with van der Waals surface area (Å²) < 4.78 is 71.8. The van der Waals surface area contributed by atoms with E-state index in [1.807, 2.05) is 0 Å². The standard InChI is InChI=1S/C30H27F5N4O/c1-17-10-20(7-8-25(17)31)23(19-5-6-19)14-27(40)22-12-18(15-39-9-3-4-26(32)29(39)36)11-21(13-22)24-16-38(2)37-28(24)30(33,34)35/h3-4,7-13,16,19,23,36H,5-6,14-15H2,1-2H3/t23-/m0/s1. The Bertz CT molecular complexity index is 1650. The number of nitrogens with one attached hydrogen (secondary N) is 1. The molecule has 10 heteroatoms. The minimum absolute atomic E-state index is 0.0322. The molecule has 208 valence electrons. The van der Waals surface area contributed by atoms with Crippen LogP contribution in [0.3, 0.4) is 0 Å². The summed E-state index contributed by atoms with van der Waals surface area (Å²) in [6.45, 7) is 1.63. The molecule has 2 aromatic heterocycles. The van der Waals surface area contributed by atoms with Crippen molar-refractivity contribution in [1.29, 1.82) is 5.41 Å². The lowest BCUT2D eigenvalue weighted by Gasteiger charge is -2.18. The quantitative estimate of drug-likeness (QED) is 0.193. The van der Waals surface area contributed by atoms with E-state index in [1.165, 1.54) is 48.3 Å². The average molecular weight is 555 g/mol. The van der Waals surface area contributed by atoms with Crippen LogP contribution < -0.4 is 5.49 Å². The van der Waals surface area contributed by atoms with Crippen molar-refractivity contribution in [3.8, 4) is 11.1 Å². The highest BCUT2D eigenvalue weighted by Crippen LogP contribution is 2.45. The molecule has 2 aromatic carbocycles. The van der Waals surface area contributed by atoms with Gasteiger partial charge in [0.1, 0.15) is 5.82 Å². The van der Waals surface area contributed by atoms with Crippen molar-refractivity contribution >= 4 is 5.78 Å². The molecule has 1 saturated carbocycles. The Kier molecular flexibility index (Phi) is 7.20. The van der Waals surface area contributed by atoms with E-state index in [9.17, 15) is 26.7 Å². The van der Waals surface area contributed by atoms with E-state index in [2.05, 4.69) is 5.10 Å². The predicted octanol–water partition coefficient (Wildman–Crippen LogP) is 6.79. The maximum atomic E-state index is 14.0. The number of halogens is 5. The van der Waals surface area contributed by atoms with E-state index in [0.29, 0.717) is 11.1 Å². The molecule has 0 radical (unpaired) electrons. The van der Waals surface area contributed by atoms with Crippen LogP contribution in [0.2, 0.25) is 0 Å². The van der Waals surface area contributed by atoms with Gasteiger partial charge in [0.25, 0.3) is 0 Å². The lowest BCUT2D eigenvalue weighted by Crippen LogP contribution is -2.23. The second kappa shape index (κ2) is 10.5. The summed E-state index contributed by atoms with van der Waals surface area (Å²) >= 11 is 0. The molecule has 5 rings (SSSR count). The second-order valence-electron chi connectivity index (χ2n) is 10.4. The van der Waals surface area contributed by atoms with Crippen molar-refractivity contribution in [1.82, 2.24) is 14.3 Å². The SMILES string of the molecule is Cc1cc([C@@H](CC(=O)c2cc(Cn3cccc(F)c3=N)cc(-c3cn(C)nc3C(F)(F)F)c2)C2CC2)ccc1F. The van der Waals surface area contributed by atoms with Gasteiger partial charge < -0.3 is 4.57 Å². The summed E-state index contributed by atoms with van der Waals surface area (Å²) in [6.07, 6.45) is -0.00534. The van der Waals surface area contributed by atoms with E-state index < -0.39 is 23.2 Å². The van der Waals surface area contributed by atoms with Crippen molar-refractivity contribution < 1.29 is 26.7 Å². The molecule has 1 fully saturated rings. The summed E-state index contributed by atoms with van der Waals surface area (Å²) in [5, 5.41) is 11.6. The van der Waals surface area contributed by atoms with Crippen LogP contribution >= 0.6 is 0 Å². The van der Waals surface area contributed by atoms with Crippen molar-refractivity contribution in [2.24, 2.45) is 13.0 Å². The van der Waals surface area contributed by atoms with Gasteiger partial charge in [-0.25, -0.2) is 8.78 Å². The third-order valence-electron chi connectivity index (χ3n) is 7.30. The van der Waals surface area contributed by atoms with Gasteiger partial charge in [-0.05, 0) is 90.3 Å². The fraction of sp³-hybridized carbons (Fsp3) is 0.300. The fourth-order valence-electron chi connectivity index (χ4n) is 5.13. The maximum absolute atomic E-state index is 14.0. The lowest BCUT2D eigenvalue weighted by atomic mass is 9.86. The third-order valence-corrected chi connectivity index (χ3v) is 7.30. The van der Waals surface area contributed by atoms with Gasteiger partial charge in [-0.1, -0.05) is 12.1 Å². The number of pyridine rings is 1. The zero-order valence-electron chi connectivity index (χ0n) is 21.9. The molecule has 1 aliphatic carbocycles. The number of ketones is 1. The number of benzene rings is 2. The Balaban J connectivity index is 1.57. The predicted molar refractivity (Wildman–Crippen MR) is 139 cm³/mol. The average Bonchev–Trinajstić information content (AvgIpc) is 3.66. The van der Waals surface area contributed by atoms with Crippen LogP contribution in [0.5, 0.6) is 0 Å². The van der Waals surface area contributed by atoms with Gasteiger partial charge in [0.2, 0.25) is 0 Å². The van der Waals surface area contributed by atoms with Crippen LogP contribution in [-0.4, -0.2) is 20.1 Å². The molecule has 5 nitrogen and oxygen atoms in total. The molecular formula is C30H27F5N4O. The molecule has 1 aliphatic rings. The van der Waals surface area contributed by atoms with E-state index in [0.717, 1.165) is 29.2 Å². The van der Waals surface area contributed by atoms with Gasteiger partial charge in [0.05, 0.1) is 0 Å². The van der Waals surface area contributed by atoms with Crippen molar-refractivity contribution in [3.63, 3.8) is 0 Å². The summed E-state index contributed by atoms with van der Waals surface area (Å²) in [6, 6.07) is 11.9. The molecule has 0 bridgehead atoms. The Labute approximate surface area is 227 Å². The van der Waals surface area contributed by atoms with Crippen LogP contribution in [0, 0.1) is 29.9 Å². The minimum atomic E-state index is -4.72. The molecule has 40 heavy (non-hydrogen) atoms. The topological polar surface area (TPSA) is 63.7 Å². The van der Waals surface area contributed by atoms with Gasteiger partial charge >= 0.3 is 6.18 Å². The van der Waals surface area contributed by atoms with Gasteiger partial charge in [-0.2, -0.15) is 18.3 Å². The second-order valence-corrected chi connectivity index (χ2v) is 10.4. The first-order valence-corrected chi connectivity index (χ1v) is 12.8. The van der Waals surface area contributed by atoms with E-state index in [1.54, 1.807) is 25.1 Å². The van der Waals surface area contributed by atoms with Gasteiger partial charge in [0, 0.05) is 43.5 Å². The van der Waals surface area contributed by atoms with Crippen LogP contribution in [0.4, 0.5) is 22.0 Å². The number of hydrogen-bond acceptors (Lipinski definition) is 3. The molecule has 0 saturated heterocycles. The van der Waals surface area contributed by atoms with E-state index >= 15 is 0 Å². The van der Waals surface area contributed by atoms with E-state index in [4.69, 9.17) is 5.41 Å². The minimum Gasteiger partial charge on any atom is -0.327 e. The highest BCUT2D eigenvalue weighted by atomic mass is 19.4. The number of carbonyl (C=O) groups is 1. The van der Waals surface area contributed by atoms with Crippen molar-refractivity contribution in [2.75, 3.05) is 0 Å². The Morgan fingerprint density at radius 3 is 2.52 bits per heavy atom. The first-order chi connectivity index (χ1) is 18.9. The summed E-state index contributed by atoms with van der Waals surface area (Å²) in [5.41, 5.74) is 0.460. The largest absolute Gasteiger partial charge is 0.435 e. The molecule has 4 aromatic rings. The molecule has 0 spiro atoms. The highest BCUT2D eigenvalue weighted by molar-refractivity contribution is 5.98. The normalized spacial score (nSPS) is 14.4. The number of aromatic nitrogens is 3. The Hall–Kier alpha value is -4.08.